The van der Waals surface area contributed by atoms with E-state index in [1.807, 2.05) is 24.3 Å². The minimum Gasteiger partial charge on any atom is -1.00 e. The van der Waals surface area contributed by atoms with Crippen molar-refractivity contribution < 1.29 is 53.5 Å². The minimum absolute atomic E-state index is 0. The van der Waals surface area contributed by atoms with Gasteiger partial charge in [-0.1, -0.05) is 38.1 Å². The van der Waals surface area contributed by atoms with Gasteiger partial charge < -0.3 is 6.33 Å². The van der Waals surface area contributed by atoms with Crippen molar-refractivity contribution in [3.63, 3.8) is 0 Å². The van der Waals surface area contributed by atoms with Crippen molar-refractivity contribution in [1.29, 1.82) is 0 Å². The summed E-state index contributed by atoms with van der Waals surface area (Å²) in [5.74, 6) is -1.10. The van der Waals surface area contributed by atoms with Gasteiger partial charge in [0.25, 0.3) is 21.8 Å². The van der Waals surface area contributed by atoms with E-state index in [-0.39, 0.29) is 43.1 Å². The number of anilines is 1. The third-order valence-electron chi connectivity index (χ3n) is 4.23. The van der Waals surface area contributed by atoms with Gasteiger partial charge in [-0.3, -0.25) is 14.1 Å². The Hall–Kier alpha value is -1.51. The molecule has 0 aromatic heterocycles. The molecule has 2 aromatic rings. The minimum atomic E-state index is -4.44. The van der Waals surface area contributed by atoms with Crippen LogP contribution in [0.1, 0.15) is 42.7 Å². The van der Waals surface area contributed by atoms with Gasteiger partial charge in [0.1, 0.15) is 0 Å². The maximum atomic E-state index is 12.3. The molecular formula is C18H18NNaO5S. The molecule has 0 spiro atoms. The van der Waals surface area contributed by atoms with E-state index in [1.165, 1.54) is 22.6 Å². The monoisotopic (exact) mass is 383 g/mol. The summed E-state index contributed by atoms with van der Waals surface area (Å²) in [6.45, 7) is 4.38. The first-order valence-corrected chi connectivity index (χ1v) is 9.19. The zero-order chi connectivity index (χ0) is 18.4. The van der Waals surface area contributed by atoms with Crippen LogP contribution >= 0.6 is 0 Å². The number of ketones is 1. The molecule has 2 aromatic carbocycles. The van der Waals surface area contributed by atoms with Crippen LogP contribution in [0, 0.1) is 0 Å². The van der Waals surface area contributed by atoms with Crippen LogP contribution in [0.15, 0.2) is 47.4 Å². The second-order valence-corrected chi connectivity index (χ2v) is 7.69. The molecule has 0 aliphatic carbocycles. The average Bonchev–Trinajstić information content (AvgIpc) is 2.79. The predicted molar refractivity (Wildman–Crippen MR) is 93.4 cm³/mol. The molecule has 1 aliphatic rings. The smallest absolute Gasteiger partial charge is 1.00 e. The van der Waals surface area contributed by atoms with Gasteiger partial charge in [0.2, 0.25) is 0 Å². The Morgan fingerprint density at radius 2 is 1.69 bits per heavy atom. The zero-order valence-corrected chi connectivity index (χ0v) is 17.6. The standard InChI is InChI=1S/C18H17NO5S.Na.H/c1-11(2)13-5-3-12(4-6-13)10-19-16-8-7-14(25(22,23)24)9-15(16)17(20)18(19)21;;/h3-9,11H,10H2,1-2H3,(H,22,23,24);;/q;+1;-1. The summed E-state index contributed by atoms with van der Waals surface area (Å²) in [5.41, 5.74) is 2.36. The van der Waals surface area contributed by atoms with E-state index in [4.69, 9.17) is 4.55 Å². The number of rotatable bonds is 4. The number of carbonyl (C=O) groups excluding carboxylic acids is 2. The van der Waals surface area contributed by atoms with Crippen molar-refractivity contribution in [3.8, 4) is 0 Å². The van der Waals surface area contributed by atoms with Gasteiger partial charge in [0, 0.05) is 0 Å². The fourth-order valence-electron chi connectivity index (χ4n) is 2.79. The Bertz CT molecular complexity index is 974. The summed E-state index contributed by atoms with van der Waals surface area (Å²) >= 11 is 0. The summed E-state index contributed by atoms with van der Waals surface area (Å²) in [4.78, 5) is 25.3. The molecular weight excluding hydrogens is 365 g/mol. The molecule has 26 heavy (non-hydrogen) atoms. The zero-order valence-electron chi connectivity index (χ0n) is 15.8. The summed E-state index contributed by atoms with van der Waals surface area (Å²) in [6, 6.07) is 11.3. The molecule has 1 heterocycles. The van der Waals surface area contributed by atoms with Crippen LogP contribution in [-0.2, 0) is 21.5 Å². The van der Waals surface area contributed by atoms with Gasteiger partial charge in [0.05, 0.1) is 22.7 Å². The van der Waals surface area contributed by atoms with Crippen LogP contribution in [0.25, 0.3) is 0 Å². The molecule has 0 radical (unpaired) electrons. The molecule has 0 saturated carbocycles. The van der Waals surface area contributed by atoms with E-state index in [0.717, 1.165) is 11.6 Å². The summed E-state index contributed by atoms with van der Waals surface area (Å²) in [7, 11) is -4.44. The van der Waals surface area contributed by atoms with E-state index in [1.54, 1.807) is 0 Å². The quantitative estimate of drug-likeness (QED) is 0.452. The third kappa shape index (κ3) is 3.92. The molecule has 132 valence electrons. The number of benzene rings is 2. The van der Waals surface area contributed by atoms with Crippen molar-refractivity contribution in [2.45, 2.75) is 31.2 Å². The molecule has 0 atom stereocenters. The first kappa shape index (κ1) is 20.8. The molecule has 0 saturated heterocycles. The number of Topliss-reactive ketones (excluding diaryl/α,β-unsaturated/α-hetero) is 1. The van der Waals surface area contributed by atoms with E-state index >= 15 is 0 Å². The maximum absolute atomic E-state index is 12.3. The van der Waals surface area contributed by atoms with Crippen LogP contribution in [-0.4, -0.2) is 24.7 Å². The van der Waals surface area contributed by atoms with Gasteiger partial charge in [-0.2, -0.15) is 8.42 Å². The summed E-state index contributed by atoms with van der Waals surface area (Å²) in [5, 5.41) is 0. The van der Waals surface area contributed by atoms with Gasteiger partial charge in [-0.15, -0.1) is 0 Å². The van der Waals surface area contributed by atoms with Crippen LogP contribution in [0.3, 0.4) is 0 Å². The fourth-order valence-corrected chi connectivity index (χ4v) is 3.29. The second kappa shape index (κ2) is 7.62. The number of hydrogen-bond acceptors (Lipinski definition) is 4. The molecule has 3 rings (SSSR count). The number of amides is 1. The molecule has 0 bridgehead atoms. The molecule has 6 nitrogen and oxygen atoms in total. The second-order valence-electron chi connectivity index (χ2n) is 6.27. The van der Waals surface area contributed by atoms with E-state index in [2.05, 4.69) is 13.8 Å². The van der Waals surface area contributed by atoms with Crippen molar-refractivity contribution in [2.24, 2.45) is 0 Å². The van der Waals surface area contributed by atoms with Crippen molar-refractivity contribution in [1.82, 2.24) is 0 Å². The maximum Gasteiger partial charge on any atom is 1.00 e. The molecule has 0 unspecified atom stereocenters. The van der Waals surface area contributed by atoms with Crippen molar-refractivity contribution in [3.05, 3.63) is 59.2 Å². The number of carbonyl (C=O) groups is 2. The Kier molecular flexibility index (Phi) is 6.09. The van der Waals surface area contributed by atoms with Crippen LogP contribution in [0.4, 0.5) is 5.69 Å². The SMILES string of the molecule is CC(C)c1ccc(CN2C(=O)C(=O)c3cc(S(=O)(=O)O)ccc32)cc1.[H-].[Na+]. The number of nitrogens with zero attached hydrogens (tertiary/aromatic N) is 1. The van der Waals surface area contributed by atoms with Crippen molar-refractivity contribution in [2.75, 3.05) is 4.90 Å². The van der Waals surface area contributed by atoms with Gasteiger partial charge in [-0.25, -0.2) is 0 Å². The van der Waals surface area contributed by atoms with Crippen LogP contribution in [0.5, 0.6) is 0 Å². The normalized spacial score (nSPS) is 13.8. The molecule has 8 heteroatoms. The molecule has 1 N–H and O–H groups in total. The largest absolute Gasteiger partial charge is 1.00 e. The van der Waals surface area contributed by atoms with Crippen molar-refractivity contribution >= 4 is 27.5 Å². The number of fused-ring (bicyclic) bond motifs is 1. The Labute approximate surface area is 175 Å². The Balaban J connectivity index is 0.00000182. The third-order valence-corrected chi connectivity index (χ3v) is 5.08. The van der Waals surface area contributed by atoms with E-state index < -0.39 is 26.7 Å². The first-order valence-electron chi connectivity index (χ1n) is 7.75. The first-order chi connectivity index (χ1) is 11.7. The summed E-state index contributed by atoms with van der Waals surface area (Å²) < 4.78 is 31.6. The Morgan fingerprint density at radius 3 is 2.23 bits per heavy atom. The van der Waals surface area contributed by atoms with Crippen LogP contribution in [0.2, 0.25) is 0 Å². The van der Waals surface area contributed by atoms with Gasteiger partial charge in [-0.05, 0) is 35.2 Å². The Morgan fingerprint density at radius 1 is 1.08 bits per heavy atom. The average molecular weight is 383 g/mol. The van der Waals surface area contributed by atoms with Gasteiger partial charge in [0.15, 0.2) is 0 Å². The van der Waals surface area contributed by atoms with Gasteiger partial charge >= 0.3 is 29.6 Å². The molecule has 1 aliphatic heterocycles. The topological polar surface area (TPSA) is 91.8 Å². The van der Waals surface area contributed by atoms with E-state index in [9.17, 15) is 18.0 Å². The summed E-state index contributed by atoms with van der Waals surface area (Å²) in [6.07, 6.45) is 0. The molecule has 1 amide bonds. The molecule has 0 fully saturated rings. The van der Waals surface area contributed by atoms with Crippen LogP contribution < -0.4 is 34.5 Å². The number of hydrogen-bond donors (Lipinski definition) is 1. The predicted octanol–water partition coefficient (Wildman–Crippen LogP) is -0.0973. The fraction of sp³-hybridized carbons (Fsp3) is 0.222. The van der Waals surface area contributed by atoms with E-state index in [0.29, 0.717) is 11.6 Å².